The number of benzene rings is 1. The van der Waals surface area contributed by atoms with Crippen molar-refractivity contribution < 1.29 is 9.47 Å². The van der Waals surface area contributed by atoms with Crippen LogP contribution in [0.4, 0.5) is 0 Å². The number of ether oxygens (including phenoxy) is 2. The molecule has 0 bridgehead atoms. The van der Waals surface area contributed by atoms with Gasteiger partial charge < -0.3 is 14.8 Å². The number of methoxy groups -OCH3 is 1. The molecule has 3 rings (SSSR count). The van der Waals surface area contributed by atoms with Crippen LogP contribution in [0.1, 0.15) is 37.3 Å². The number of hydrogen-bond donors (Lipinski definition) is 1. The Morgan fingerprint density at radius 2 is 1.86 bits per heavy atom. The van der Waals surface area contributed by atoms with Crippen molar-refractivity contribution in [3.63, 3.8) is 0 Å². The summed E-state index contributed by atoms with van der Waals surface area (Å²) in [5.41, 5.74) is 1.32. The van der Waals surface area contributed by atoms with Gasteiger partial charge in [0.15, 0.2) is 0 Å². The third-order valence-electron chi connectivity index (χ3n) is 5.22. The molecular weight excluding hydrogens is 262 g/mol. The summed E-state index contributed by atoms with van der Waals surface area (Å²) in [6.45, 7) is 1.24. The van der Waals surface area contributed by atoms with Gasteiger partial charge in [-0.2, -0.15) is 0 Å². The van der Waals surface area contributed by atoms with E-state index < -0.39 is 0 Å². The van der Waals surface area contributed by atoms with E-state index in [-0.39, 0.29) is 0 Å². The molecule has 0 radical (unpaired) electrons. The summed E-state index contributed by atoms with van der Waals surface area (Å²) >= 11 is 0. The average Bonchev–Trinajstić information content (AvgIpc) is 3.24. The van der Waals surface area contributed by atoms with Gasteiger partial charge >= 0.3 is 0 Å². The minimum atomic E-state index is 0.428. The van der Waals surface area contributed by atoms with Crippen molar-refractivity contribution in [1.82, 2.24) is 5.32 Å². The van der Waals surface area contributed by atoms with Crippen LogP contribution in [0.2, 0.25) is 0 Å². The van der Waals surface area contributed by atoms with E-state index in [0.717, 1.165) is 23.5 Å². The van der Waals surface area contributed by atoms with Gasteiger partial charge in [-0.05, 0) is 43.7 Å². The molecule has 3 unspecified atom stereocenters. The summed E-state index contributed by atoms with van der Waals surface area (Å²) in [7, 11) is 3.79. The smallest absolute Gasteiger partial charge is 0.124 e. The molecule has 0 heterocycles. The van der Waals surface area contributed by atoms with Crippen LogP contribution in [0, 0.1) is 17.8 Å². The first-order valence-electron chi connectivity index (χ1n) is 8.24. The molecule has 2 aliphatic rings. The van der Waals surface area contributed by atoms with Gasteiger partial charge in [-0.3, -0.25) is 0 Å². The molecule has 3 atom stereocenters. The zero-order valence-electron chi connectivity index (χ0n) is 13.2. The van der Waals surface area contributed by atoms with Crippen molar-refractivity contribution >= 4 is 0 Å². The third kappa shape index (κ3) is 3.09. The third-order valence-corrected chi connectivity index (χ3v) is 5.22. The molecule has 3 nitrogen and oxygen atoms in total. The topological polar surface area (TPSA) is 30.5 Å². The first kappa shape index (κ1) is 14.9. The van der Waals surface area contributed by atoms with Gasteiger partial charge in [0, 0.05) is 18.7 Å². The molecule has 116 valence electrons. The molecule has 2 fully saturated rings. The Morgan fingerprint density at radius 3 is 2.52 bits per heavy atom. The Morgan fingerprint density at radius 1 is 1.14 bits per heavy atom. The highest BCUT2D eigenvalue weighted by Gasteiger charge is 2.54. The van der Waals surface area contributed by atoms with Gasteiger partial charge in [-0.25, -0.2) is 0 Å². The molecular formula is C18H27NO2. The fourth-order valence-corrected chi connectivity index (χ4v) is 4.20. The van der Waals surface area contributed by atoms with Gasteiger partial charge in [0.2, 0.25) is 0 Å². The molecule has 1 aromatic carbocycles. The molecule has 0 aliphatic heterocycles. The molecule has 0 aromatic heterocycles. The summed E-state index contributed by atoms with van der Waals surface area (Å²) in [4.78, 5) is 0. The second-order valence-corrected chi connectivity index (χ2v) is 6.33. The number of nitrogens with one attached hydrogen (secondary N) is 1. The Balaban J connectivity index is 1.74. The van der Waals surface area contributed by atoms with E-state index in [2.05, 4.69) is 36.6 Å². The van der Waals surface area contributed by atoms with E-state index in [0.29, 0.717) is 19.3 Å². The number of para-hydroxylation sites is 1. The van der Waals surface area contributed by atoms with Crippen molar-refractivity contribution in [2.24, 2.45) is 17.8 Å². The Labute approximate surface area is 128 Å². The van der Waals surface area contributed by atoms with Crippen LogP contribution in [0.5, 0.6) is 5.75 Å². The number of hydrogen-bond acceptors (Lipinski definition) is 3. The SMILES string of the molecule is CNC(c1ccccc1OCCOC)C1C2CCCCC21. The van der Waals surface area contributed by atoms with E-state index in [9.17, 15) is 0 Å². The van der Waals surface area contributed by atoms with E-state index in [1.54, 1.807) is 7.11 Å². The molecule has 2 aliphatic carbocycles. The molecule has 2 saturated carbocycles. The van der Waals surface area contributed by atoms with Gasteiger partial charge in [-0.1, -0.05) is 31.0 Å². The predicted molar refractivity (Wildman–Crippen MR) is 84.6 cm³/mol. The first-order valence-corrected chi connectivity index (χ1v) is 8.24. The van der Waals surface area contributed by atoms with Crippen LogP contribution < -0.4 is 10.1 Å². The van der Waals surface area contributed by atoms with Gasteiger partial charge in [0.25, 0.3) is 0 Å². The molecule has 0 spiro atoms. The van der Waals surface area contributed by atoms with Crippen molar-refractivity contribution in [3.8, 4) is 5.75 Å². The van der Waals surface area contributed by atoms with E-state index in [4.69, 9.17) is 9.47 Å². The van der Waals surface area contributed by atoms with Crippen LogP contribution in [0.3, 0.4) is 0 Å². The van der Waals surface area contributed by atoms with Gasteiger partial charge in [-0.15, -0.1) is 0 Å². The maximum atomic E-state index is 5.93. The maximum absolute atomic E-state index is 5.93. The predicted octanol–water partition coefficient (Wildman–Crippen LogP) is 3.41. The number of fused-ring (bicyclic) bond motifs is 1. The highest BCUT2D eigenvalue weighted by molar-refractivity contribution is 5.37. The van der Waals surface area contributed by atoms with Gasteiger partial charge in [0.1, 0.15) is 12.4 Å². The van der Waals surface area contributed by atoms with Crippen molar-refractivity contribution in [3.05, 3.63) is 29.8 Å². The van der Waals surface area contributed by atoms with Crippen LogP contribution in [-0.4, -0.2) is 27.4 Å². The molecule has 0 amide bonds. The van der Waals surface area contributed by atoms with Crippen molar-refractivity contribution in [1.29, 1.82) is 0 Å². The largest absolute Gasteiger partial charge is 0.491 e. The molecule has 21 heavy (non-hydrogen) atoms. The Kier molecular flexibility index (Phi) is 4.81. The summed E-state index contributed by atoms with van der Waals surface area (Å²) < 4.78 is 11.0. The maximum Gasteiger partial charge on any atom is 0.124 e. The highest BCUT2D eigenvalue weighted by Crippen LogP contribution is 2.60. The lowest BCUT2D eigenvalue weighted by Crippen LogP contribution is -2.21. The van der Waals surface area contributed by atoms with Crippen LogP contribution in [0.15, 0.2) is 24.3 Å². The van der Waals surface area contributed by atoms with E-state index in [1.807, 2.05) is 0 Å². The lowest BCUT2D eigenvalue weighted by atomic mass is 9.99. The van der Waals surface area contributed by atoms with Crippen LogP contribution in [0.25, 0.3) is 0 Å². The summed E-state index contributed by atoms with van der Waals surface area (Å²) in [5, 5.41) is 3.56. The lowest BCUT2D eigenvalue weighted by Gasteiger charge is -2.21. The van der Waals surface area contributed by atoms with Crippen molar-refractivity contribution in [2.45, 2.75) is 31.7 Å². The summed E-state index contributed by atoms with van der Waals surface area (Å²) in [6, 6.07) is 8.90. The van der Waals surface area contributed by atoms with Gasteiger partial charge in [0.05, 0.1) is 6.61 Å². The van der Waals surface area contributed by atoms with Crippen LogP contribution in [-0.2, 0) is 4.74 Å². The minimum absolute atomic E-state index is 0.428. The van der Waals surface area contributed by atoms with Crippen molar-refractivity contribution in [2.75, 3.05) is 27.4 Å². The standard InChI is InChI=1S/C18H27NO2/c1-19-18(17-13-7-3-4-8-14(13)17)15-9-5-6-10-16(15)21-12-11-20-2/h5-6,9-10,13-14,17-19H,3-4,7-8,11-12H2,1-2H3. The molecule has 0 saturated heterocycles. The normalized spacial score (nSPS) is 28.8. The van der Waals surface area contributed by atoms with E-state index >= 15 is 0 Å². The number of rotatable bonds is 7. The summed E-state index contributed by atoms with van der Waals surface area (Å²) in [5.74, 6) is 3.67. The Hall–Kier alpha value is -1.06. The second kappa shape index (κ2) is 6.80. The fourth-order valence-electron chi connectivity index (χ4n) is 4.20. The van der Waals surface area contributed by atoms with Crippen LogP contribution >= 0.6 is 0 Å². The second-order valence-electron chi connectivity index (χ2n) is 6.33. The molecule has 1 aromatic rings. The highest BCUT2D eigenvalue weighted by atomic mass is 16.5. The van der Waals surface area contributed by atoms with E-state index in [1.165, 1.54) is 31.2 Å². The average molecular weight is 289 g/mol. The molecule has 1 N–H and O–H groups in total. The Bertz CT molecular complexity index is 450. The monoisotopic (exact) mass is 289 g/mol. The fraction of sp³-hybridized carbons (Fsp3) is 0.667. The quantitative estimate of drug-likeness (QED) is 0.780. The molecule has 3 heteroatoms. The first-order chi connectivity index (χ1) is 10.4. The minimum Gasteiger partial charge on any atom is -0.491 e. The summed E-state index contributed by atoms with van der Waals surface area (Å²) in [6.07, 6.45) is 5.67. The zero-order chi connectivity index (χ0) is 14.7. The lowest BCUT2D eigenvalue weighted by molar-refractivity contribution is 0.145. The zero-order valence-corrected chi connectivity index (χ0v) is 13.2.